The number of halogens is 1. The Hall–Kier alpha value is -0.590. The van der Waals surface area contributed by atoms with E-state index in [9.17, 15) is 8.42 Å². The van der Waals surface area contributed by atoms with Crippen LogP contribution in [0.25, 0.3) is 0 Å². The summed E-state index contributed by atoms with van der Waals surface area (Å²) in [5.41, 5.74) is 6.94. The van der Waals surface area contributed by atoms with Gasteiger partial charge in [0.1, 0.15) is 0 Å². The second-order valence-corrected chi connectivity index (χ2v) is 7.60. The van der Waals surface area contributed by atoms with E-state index in [2.05, 4.69) is 15.9 Å². The Bertz CT molecular complexity index is 556. The Balaban J connectivity index is 3.41. The molecule has 6 heteroatoms. The molecule has 0 spiro atoms. The minimum Gasteiger partial charge on any atom is -0.398 e. The van der Waals surface area contributed by atoms with Crippen LogP contribution in [0.1, 0.15) is 32.8 Å². The second kappa shape index (κ2) is 6.24. The number of hydrogen-bond donors (Lipinski definition) is 1. The first kappa shape index (κ1) is 16.5. The Morgan fingerprint density at radius 3 is 2.42 bits per heavy atom. The van der Waals surface area contributed by atoms with Crippen LogP contribution in [-0.2, 0) is 10.0 Å². The van der Waals surface area contributed by atoms with Gasteiger partial charge in [-0.1, -0.05) is 22.9 Å². The maximum Gasteiger partial charge on any atom is 0.243 e. The molecule has 108 valence electrons. The molecule has 0 unspecified atom stereocenters. The lowest BCUT2D eigenvalue weighted by Gasteiger charge is -2.26. The molecule has 1 aromatic rings. The maximum atomic E-state index is 12.7. The van der Waals surface area contributed by atoms with Crippen LogP contribution in [0.15, 0.2) is 21.5 Å². The Morgan fingerprint density at radius 1 is 1.37 bits per heavy atom. The van der Waals surface area contributed by atoms with Gasteiger partial charge in [-0.3, -0.25) is 0 Å². The van der Waals surface area contributed by atoms with Crippen molar-refractivity contribution in [2.24, 2.45) is 0 Å². The average Bonchev–Trinajstić information content (AvgIpc) is 2.29. The zero-order chi connectivity index (χ0) is 14.8. The summed E-state index contributed by atoms with van der Waals surface area (Å²) in [6.07, 6.45) is 0.778. The molecule has 0 atom stereocenters. The third-order valence-electron chi connectivity index (χ3n) is 2.97. The van der Waals surface area contributed by atoms with E-state index in [1.54, 1.807) is 19.1 Å². The SMILES string of the molecule is CCCN(C(C)C)S(=O)(=O)c1cc(Br)cc(N)c1C. The molecule has 0 heterocycles. The molecule has 1 aromatic carbocycles. The highest BCUT2D eigenvalue weighted by Crippen LogP contribution is 2.29. The first-order valence-electron chi connectivity index (χ1n) is 6.29. The van der Waals surface area contributed by atoms with Gasteiger partial charge in [0, 0.05) is 22.7 Å². The van der Waals surface area contributed by atoms with Crippen molar-refractivity contribution in [1.29, 1.82) is 0 Å². The lowest BCUT2D eigenvalue weighted by molar-refractivity contribution is 0.354. The van der Waals surface area contributed by atoms with E-state index in [4.69, 9.17) is 5.73 Å². The van der Waals surface area contributed by atoms with Gasteiger partial charge in [-0.25, -0.2) is 8.42 Å². The number of benzene rings is 1. The van der Waals surface area contributed by atoms with Crippen LogP contribution >= 0.6 is 15.9 Å². The molecule has 0 amide bonds. The van der Waals surface area contributed by atoms with Crippen LogP contribution in [0, 0.1) is 6.92 Å². The highest BCUT2D eigenvalue weighted by molar-refractivity contribution is 9.10. The quantitative estimate of drug-likeness (QED) is 0.831. The van der Waals surface area contributed by atoms with Crippen molar-refractivity contribution in [2.45, 2.75) is 45.1 Å². The number of anilines is 1. The van der Waals surface area contributed by atoms with Crippen molar-refractivity contribution >= 4 is 31.6 Å². The minimum absolute atomic E-state index is 0.0791. The Morgan fingerprint density at radius 2 is 1.95 bits per heavy atom. The molecule has 0 fully saturated rings. The standard InChI is InChI=1S/C13H21BrN2O2S/c1-5-6-16(9(2)3)19(17,18)13-8-11(14)7-12(15)10(13)4/h7-9H,5-6,15H2,1-4H3. The summed E-state index contributed by atoms with van der Waals surface area (Å²) in [4.78, 5) is 0.279. The van der Waals surface area contributed by atoms with Gasteiger partial charge in [-0.05, 0) is 44.9 Å². The van der Waals surface area contributed by atoms with E-state index in [1.165, 1.54) is 4.31 Å². The number of sulfonamides is 1. The number of nitrogens with zero attached hydrogens (tertiary/aromatic N) is 1. The monoisotopic (exact) mass is 348 g/mol. The van der Waals surface area contributed by atoms with E-state index in [-0.39, 0.29) is 10.9 Å². The Labute approximate surface area is 124 Å². The highest BCUT2D eigenvalue weighted by atomic mass is 79.9. The zero-order valence-corrected chi connectivity index (χ0v) is 14.2. The van der Waals surface area contributed by atoms with Crippen molar-refractivity contribution in [3.63, 3.8) is 0 Å². The molecule has 0 radical (unpaired) electrons. The molecule has 4 nitrogen and oxygen atoms in total. The molecule has 0 saturated heterocycles. The molecule has 0 saturated carbocycles. The molecule has 0 aliphatic heterocycles. The molecule has 0 aliphatic rings. The molecule has 0 aromatic heterocycles. The van der Waals surface area contributed by atoms with Gasteiger partial charge in [0.05, 0.1) is 4.90 Å². The van der Waals surface area contributed by atoms with Crippen molar-refractivity contribution in [2.75, 3.05) is 12.3 Å². The lowest BCUT2D eigenvalue weighted by atomic mass is 10.2. The minimum atomic E-state index is -3.51. The van der Waals surface area contributed by atoms with Crippen molar-refractivity contribution in [1.82, 2.24) is 4.31 Å². The van der Waals surface area contributed by atoms with Crippen molar-refractivity contribution in [3.05, 3.63) is 22.2 Å². The summed E-state index contributed by atoms with van der Waals surface area (Å²) in [6.45, 7) is 7.96. The molecule has 1 rings (SSSR count). The van der Waals surface area contributed by atoms with Crippen molar-refractivity contribution < 1.29 is 8.42 Å². The van der Waals surface area contributed by atoms with Crippen LogP contribution in [0.2, 0.25) is 0 Å². The van der Waals surface area contributed by atoms with Gasteiger partial charge in [0.15, 0.2) is 0 Å². The number of nitrogen functional groups attached to an aromatic ring is 1. The van der Waals surface area contributed by atoms with Crippen molar-refractivity contribution in [3.8, 4) is 0 Å². The molecule has 19 heavy (non-hydrogen) atoms. The molecule has 2 N–H and O–H groups in total. The summed E-state index contributed by atoms with van der Waals surface area (Å²) in [7, 11) is -3.51. The van der Waals surface area contributed by atoms with Crippen LogP contribution in [0.3, 0.4) is 0 Å². The van der Waals surface area contributed by atoms with E-state index >= 15 is 0 Å². The average molecular weight is 349 g/mol. The smallest absolute Gasteiger partial charge is 0.243 e. The Kier molecular flexibility index (Phi) is 5.41. The first-order valence-corrected chi connectivity index (χ1v) is 8.52. The van der Waals surface area contributed by atoms with Gasteiger partial charge in [-0.2, -0.15) is 4.31 Å². The molecular formula is C13H21BrN2O2S. The van der Waals surface area contributed by atoms with Crippen LogP contribution < -0.4 is 5.73 Å². The van der Waals surface area contributed by atoms with Gasteiger partial charge in [0.2, 0.25) is 10.0 Å². The molecule has 0 aliphatic carbocycles. The predicted octanol–water partition coefficient (Wildman–Crippen LogP) is 3.15. The first-order chi connectivity index (χ1) is 8.71. The molecular weight excluding hydrogens is 328 g/mol. The van der Waals surface area contributed by atoms with Crippen LogP contribution in [0.4, 0.5) is 5.69 Å². The van der Waals surface area contributed by atoms with Crippen LogP contribution in [0.5, 0.6) is 0 Å². The number of rotatable bonds is 5. The largest absolute Gasteiger partial charge is 0.398 e. The lowest BCUT2D eigenvalue weighted by Crippen LogP contribution is -2.37. The van der Waals surface area contributed by atoms with E-state index < -0.39 is 10.0 Å². The molecule has 0 bridgehead atoms. The maximum absolute atomic E-state index is 12.7. The number of hydrogen-bond acceptors (Lipinski definition) is 3. The fourth-order valence-electron chi connectivity index (χ4n) is 1.94. The van der Waals surface area contributed by atoms with Gasteiger partial charge in [0.25, 0.3) is 0 Å². The topological polar surface area (TPSA) is 63.4 Å². The van der Waals surface area contributed by atoms with Gasteiger partial charge in [-0.15, -0.1) is 0 Å². The summed E-state index contributed by atoms with van der Waals surface area (Å²) in [5.74, 6) is 0. The van der Waals surface area contributed by atoms with Crippen LogP contribution in [-0.4, -0.2) is 25.3 Å². The zero-order valence-electron chi connectivity index (χ0n) is 11.8. The third-order valence-corrected chi connectivity index (χ3v) is 5.63. The van der Waals surface area contributed by atoms with E-state index in [0.717, 1.165) is 6.42 Å². The summed E-state index contributed by atoms with van der Waals surface area (Å²) < 4.78 is 27.7. The number of nitrogens with two attached hydrogens (primary N) is 1. The summed E-state index contributed by atoms with van der Waals surface area (Å²) >= 11 is 3.30. The summed E-state index contributed by atoms with van der Waals surface area (Å²) in [6, 6.07) is 3.25. The normalized spacial score (nSPS) is 12.4. The van der Waals surface area contributed by atoms with Gasteiger partial charge >= 0.3 is 0 Å². The fraction of sp³-hybridized carbons (Fsp3) is 0.538. The predicted molar refractivity (Wildman–Crippen MR) is 82.6 cm³/mol. The van der Waals surface area contributed by atoms with E-state index in [1.807, 2.05) is 20.8 Å². The van der Waals surface area contributed by atoms with Gasteiger partial charge < -0.3 is 5.73 Å². The fourth-order valence-corrected chi connectivity index (χ4v) is 4.58. The second-order valence-electron chi connectivity index (χ2n) is 4.83. The highest BCUT2D eigenvalue weighted by Gasteiger charge is 2.28. The third kappa shape index (κ3) is 3.49. The van der Waals surface area contributed by atoms with E-state index in [0.29, 0.717) is 22.3 Å². The summed E-state index contributed by atoms with van der Waals surface area (Å²) in [5, 5.41) is 0.